The number of fused-ring (bicyclic) bond motifs is 1. The van der Waals surface area contributed by atoms with Crippen molar-refractivity contribution in [3.63, 3.8) is 0 Å². The molecule has 0 amide bonds. The lowest BCUT2D eigenvalue weighted by Crippen LogP contribution is -2.45. The molecular formula is C20H19ClN2O2. The van der Waals surface area contributed by atoms with Gasteiger partial charge in [0.05, 0.1) is 0 Å². The fourth-order valence-electron chi connectivity index (χ4n) is 3.30. The van der Waals surface area contributed by atoms with Gasteiger partial charge in [0.25, 0.3) is 0 Å². The summed E-state index contributed by atoms with van der Waals surface area (Å²) in [4.78, 5) is 16.2. The van der Waals surface area contributed by atoms with Gasteiger partial charge < -0.3 is 9.32 Å². The lowest BCUT2D eigenvalue weighted by Gasteiger charge is -2.36. The molecule has 0 spiro atoms. The smallest absolute Gasteiger partial charge is 0.336 e. The van der Waals surface area contributed by atoms with Crippen LogP contribution in [0.2, 0.25) is 5.02 Å². The molecule has 0 atom stereocenters. The fourth-order valence-corrected chi connectivity index (χ4v) is 3.48. The molecule has 0 N–H and O–H groups in total. The monoisotopic (exact) mass is 354 g/mol. The largest absolute Gasteiger partial charge is 0.423 e. The van der Waals surface area contributed by atoms with Gasteiger partial charge in [0, 0.05) is 54.9 Å². The molecule has 1 aliphatic rings. The Morgan fingerprint density at radius 1 is 0.960 bits per heavy atom. The van der Waals surface area contributed by atoms with Gasteiger partial charge in [-0.1, -0.05) is 29.8 Å². The van der Waals surface area contributed by atoms with Crippen molar-refractivity contribution in [3.05, 3.63) is 75.6 Å². The third kappa shape index (κ3) is 3.70. The van der Waals surface area contributed by atoms with Gasteiger partial charge in [-0.15, -0.1) is 0 Å². The van der Waals surface area contributed by atoms with Crippen LogP contribution < -0.4 is 10.5 Å². The first-order chi connectivity index (χ1) is 12.2. The normalized spacial score (nSPS) is 15.6. The Morgan fingerprint density at radius 3 is 2.56 bits per heavy atom. The number of anilines is 1. The average Bonchev–Trinajstić information content (AvgIpc) is 2.62. The Bertz CT molecular complexity index is 946. The zero-order valence-corrected chi connectivity index (χ0v) is 14.6. The van der Waals surface area contributed by atoms with Crippen LogP contribution in [0.1, 0.15) is 5.56 Å². The summed E-state index contributed by atoms with van der Waals surface area (Å²) in [5.41, 5.74) is 2.69. The summed E-state index contributed by atoms with van der Waals surface area (Å²) in [5.74, 6) is 0. The predicted molar refractivity (Wildman–Crippen MR) is 101 cm³/mol. The van der Waals surface area contributed by atoms with E-state index in [1.54, 1.807) is 6.07 Å². The number of nitrogens with zero attached hydrogens (tertiary/aromatic N) is 2. The molecule has 5 heteroatoms. The van der Waals surface area contributed by atoms with E-state index in [9.17, 15) is 4.79 Å². The number of benzene rings is 2. The first-order valence-electron chi connectivity index (χ1n) is 8.43. The Morgan fingerprint density at radius 2 is 1.76 bits per heavy atom. The molecule has 1 saturated heterocycles. The van der Waals surface area contributed by atoms with E-state index < -0.39 is 0 Å². The molecule has 0 bridgehead atoms. The standard InChI is InChI=1S/C20H19ClN2O2/c21-17-2-1-3-18(13-17)23-10-8-22(9-11-23)14-15-4-5-16-6-7-20(24)25-19(16)12-15/h1-7,12-13H,8-11,14H2. The highest BCUT2D eigenvalue weighted by atomic mass is 35.5. The number of hydrogen-bond acceptors (Lipinski definition) is 4. The first-order valence-corrected chi connectivity index (χ1v) is 8.81. The second-order valence-corrected chi connectivity index (χ2v) is 6.81. The Balaban J connectivity index is 1.42. The van der Waals surface area contributed by atoms with Crippen LogP contribution in [0.25, 0.3) is 11.0 Å². The minimum atomic E-state index is -0.306. The quantitative estimate of drug-likeness (QED) is 0.671. The topological polar surface area (TPSA) is 36.7 Å². The number of piperazine rings is 1. The molecule has 0 radical (unpaired) electrons. The van der Waals surface area contributed by atoms with Gasteiger partial charge in [-0.2, -0.15) is 0 Å². The molecule has 2 heterocycles. The minimum Gasteiger partial charge on any atom is -0.423 e. The maximum Gasteiger partial charge on any atom is 0.336 e. The fraction of sp³-hybridized carbons (Fsp3) is 0.250. The number of halogens is 1. The van der Waals surface area contributed by atoms with E-state index in [4.69, 9.17) is 16.0 Å². The lowest BCUT2D eigenvalue weighted by atomic mass is 10.1. The Labute approximate surface area is 151 Å². The molecule has 1 fully saturated rings. The predicted octanol–water partition coefficient (Wildman–Crippen LogP) is 3.77. The van der Waals surface area contributed by atoms with Crippen molar-refractivity contribution in [2.75, 3.05) is 31.1 Å². The summed E-state index contributed by atoms with van der Waals surface area (Å²) < 4.78 is 5.28. The second-order valence-electron chi connectivity index (χ2n) is 6.37. The molecule has 1 aromatic heterocycles. The van der Waals surface area contributed by atoms with Crippen molar-refractivity contribution in [2.45, 2.75) is 6.54 Å². The van der Waals surface area contributed by atoms with Crippen molar-refractivity contribution < 1.29 is 4.42 Å². The van der Waals surface area contributed by atoms with E-state index >= 15 is 0 Å². The summed E-state index contributed by atoms with van der Waals surface area (Å²) in [6.07, 6.45) is 0. The molecule has 0 unspecified atom stereocenters. The molecule has 4 nitrogen and oxygen atoms in total. The van der Waals surface area contributed by atoms with E-state index in [-0.39, 0.29) is 5.63 Å². The first kappa shape index (κ1) is 16.2. The zero-order valence-electron chi connectivity index (χ0n) is 13.8. The lowest BCUT2D eigenvalue weighted by molar-refractivity contribution is 0.250. The van der Waals surface area contributed by atoms with E-state index in [0.29, 0.717) is 5.58 Å². The molecule has 25 heavy (non-hydrogen) atoms. The van der Waals surface area contributed by atoms with Crippen LogP contribution >= 0.6 is 11.6 Å². The van der Waals surface area contributed by atoms with Crippen LogP contribution in [-0.4, -0.2) is 31.1 Å². The van der Waals surface area contributed by atoms with Crippen LogP contribution in [0.3, 0.4) is 0 Å². The summed E-state index contributed by atoms with van der Waals surface area (Å²) in [5, 5.41) is 1.73. The second kappa shape index (κ2) is 6.90. The van der Waals surface area contributed by atoms with Crippen LogP contribution in [0.4, 0.5) is 5.69 Å². The zero-order chi connectivity index (χ0) is 17.2. The molecule has 3 aromatic rings. The van der Waals surface area contributed by atoms with Gasteiger partial charge in [-0.05, 0) is 35.9 Å². The summed E-state index contributed by atoms with van der Waals surface area (Å²) in [7, 11) is 0. The van der Waals surface area contributed by atoms with Gasteiger partial charge >= 0.3 is 5.63 Å². The van der Waals surface area contributed by atoms with E-state index in [0.717, 1.165) is 48.7 Å². The third-order valence-electron chi connectivity index (χ3n) is 4.64. The van der Waals surface area contributed by atoms with Gasteiger partial charge in [0.1, 0.15) is 5.58 Å². The highest BCUT2D eigenvalue weighted by Crippen LogP contribution is 2.22. The van der Waals surface area contributed by atoms with Gasteiger partial charge in [0.2, 0.25) is 0 Å². The van der Waals surface area contributed by atoms with Gasteiger partial charge in [0.15, 0.2) is 0 Å². The number of rotatable bonds is 3. The van der Waals surface area contributed by atoms with E-state index in [1.165, 1.54) is 11.8 Å². The van der Waals surface area contributed by atoms with E-state index in [2.05, 4.69) is 21.9 Å². The Kier molecular flexibility index (Phi) is 4.47. The highest BCUT2D eigenvalue weighted by Gasteiger charge is 2.17. The average molecular weight is 355 g/mol. The molecule has 0 aliphatic carbocycles. The Hall–Kier alpha value is -2.30. The van der Waals surface area contributed by atoms with Crippen molar-refractivity contribution in [2.24, 2.45) is 0 Å². The van der Waals surface area contributed by atoms with Gasteiger partial charge in [-0.3, -0.25) is 4.90 Å². The van der Waals surface area contributed by atoms with Gasteiger partial charge in [-0.25, -0.2) is 4.79 Å². The summed E-state index contributed by atoms with van der Waals surface area (Å²) in [6.45, 7) is 4.79. The molecule has 1 aliphatic heterocycles. The van der Waals surface area contributed by atoms with Crippen molar-refractivity contribution in [1.29, 1.82) is 0 Å². The summed E-state index contributed by atoms with van der Waals surface area (Å²) >= 11 is 6.09. The van der Waals surface area contributed by atoms with Crippen molar-refractivity contribution >= 4 is 28.3 Å². The highest BCUT2D eigenvalue weighted by molar-refractivity contribution is 6.30. The SMILES string of the molecule is O=c1ccc2ccc(CN3CCN(c4cccc(Cl)c4)CC3)cc2o1. The van der Waals surface area contributed by atoms with Crippen LogP contribution in [-0.2, 0) is 6.54 Å². The molecule has 4 rings (SSSR count). The minimum absolute atomic E-state index is 0.306. The maximum atomic E-state index is 11.4. The molecule has 2 aromatic carbocycles. The summed E-state index contributed by atoms with van der Waals surface area (Å²) in [6, 6.07) is 17.4. The maximum absolute atomic E-state index is 11.4. The number of hydrogen-bond donors (Lipinski definition) is 0. The molecule has 128 valence electrons. The molecular weight excluding hydrogens is 336 g/mol. The van der Waals surface area contributed by atoms with E-state index in [1.807, 2.05) is 30.3 Å². The molecule has 0 saturated carbocycles. The van der Waals surface area contributed by atoms with Crippen LogP contribution in [0.15, 0.2) is 63.8 Å². The van der Waals surface area contributed by atoms with Crippen LogP contribution in [0, 0.1) is 0 Å². The van der Waals surface area contributed by atoms with Crippen LogP contribution in [0.5, 0.6) is 0 Å². The van der Waals surface area contributed by atoms with Crippen molar-refractivity contribution in [1.82, 2.24) is 4.90 Å². The third-order valence-corrected chi connectivity index (χ3v) is 4.87. The van der Waals surface area contributed by atoms with Crippen molar-refractivity contribution in [3.8, 4) is 0 Å².